The number of rotatable bonds is 4. The van der Waals surface area contributed by atoms with Gasteiger partial charge >= 0.3 is 5.97 Å². The minimum atomic E-state index is -1.66. The largest absolute Gasteiger partial charge is 0.486 e. The Bertz CT molecular complexity index is 1320. The molecule has 3 aliphatic heterocycles. The molecule has 0 radical (unpaired) electrons. The molecule has 2 aromatic carbocycles. The zero-order valence-electron chi connectivity index (χ0n) is 17.5. The van der Waals surface area contributed by atoms with Crippen LogP contribution in [-0.2, 0) is 20.8 Å². The first-order valence-electron chi connectivity index (χ1n) is 10.8. The number of ether oxygens (including phenoxy) is 2. The number of carboxylic acid groups (broad SMARTS) is 1. The lowest BCUT2D eigenvalue weighted by molar-refractivity contribution is -0.149. The van der Waals surface area contributed by atoms with Crippen LogP contribution in [-0.4, -0.2) is 46.6 Å². The van der Waals surface area contributed by atoms with Gasteiger partial charge in [0.05, 0.1) is 11.8 Å². The fraction of sp³-hybridized carbons (Fsp3) is 0.292. The summed E-state index contributed by atoms with van der Waals surface area (Å²) in [6.45, 7) is 0.849. The molecule has 0 spiro atoms. The summed E-state index contributed by atoms with van der Waals surface area (Å²) in [7, 11) is 0. The van der Waals surface area contributed by atoms with E-state index in [9.17, 15) is 19.5 Å². The molecule has 33 heavy (non-hydrogen) atoms. The van der Waals surface area contributed by atoms with Crippen LogP contribution in [0.4, 0.5) is 0 Å². The van der Waals surface area contributed by atoms with Gasteiger partial charge in [-0.05, 0) is 29.3 Å². The summed E-state index contributed by atoms with van der Waals surface area (Å²) in [6, 6.07) is 12.2. The van der Waals surface area contributed by atoms with E-state index in [0.717, 1.165) is 16.5 Å². The van der Waals surface area contributed by atoms with Crippen LogP contribution in [0.25, 0.3) is 10.9 Å². The van der Waals surface area contributed by atoms with E-state index in [0.29, 0.717) is 30.3 Å². The Morgan fingerprint density at radius 2 is 1.85 bits per heavy atom. The van der Waals surface area contributed by atoms with E-state index >= 15 is 0 Å². The Balaban J connectivity index is 1.45. The van der Waals surface area contributed by atoms with Gasteiger partial charge in [-0.2, -0.15) is 0 Å². The lowest BCUT2D eigenvalue weighted by atomic mass is 9.76. The summed E-state index contributed by atoms with van der Waals surface area (Å²) in [6.07, 6.45) is 1.80. The predicted octanol–water partition coefficient (Wildman–Crippen LogP) is 1.54. The van der Waals surface area contributed by atoms with E-state index in [1.54, 1.807) is 24.4 Å². The average Bonchev–Trinajstić information content (AvgIpc) is 3.48. The number of hydrogen-bond donors (Lipinski definition) is 4. The van der Waals surface area contributed by atoms with Crippen molar-refractivity contribution in [3.63, 3.8) is 0 Å². The molecule has 4 heterocycles. The van der Waals surface area contributed by atoms with Crippen molar-refractivity contribution in [2.24, 2.45) is 11.8 Å². The summed E-state index contributed by atoms with van der Waals surface area (Å²) in [5, 5.41) is 16.9. The summed E-state index contributed by atoms with van der Waals surface area (Å²) >= 11 is 0. The monoisotopic (exact) mass is 447 g/mol. The number of carbonyl (C=O) groups excluding carboxylic acids is 2. The number of carboxylic acids is 1. The van der Waals surface area contributed by atoms with Gasteiger partial charge < -0.3 is 19.6 Å². The maximum Gasteiger partial charge on any atom is 0.325 e. The smallest absolute Gasteiger partial charge is 0.325 e. The van der Waals surface area contributed by atoms with Crippen LogP contribution in [0.3, 0.4) is 0 Å². The summed E-state index contributed by atoms with van der Waals surface area (Å²) in [4.78, 5) is 41.7. The van der Waals surface area contributed by atoms with Crippen LogP contribution in [0.2, 0.25) is 0 Å². The highest BCUT2D eigenvalue weighted by Gasteiger charge is 2.66. The molecular weight excluding hydrogens is 426 g/mol. The molecular formula is C24H21N3O6. The first kappa shape index (κ1) is 19.8. The second kappa shape index (κ2) is 7.08. The molecule has 2 amide bonds. The van der Waals surface area contributed by atoms with Gasteiger partial charge in [0.25, 0.3) is 0 Å². The van der Waals surface area contributed by atoms with Crippen molar-refractivity contribution in [1.82, 2.24) is 15.6 Å². The van der Waals surface area contributed by atoms with Crippen molar-refractivity contribution < 1.29 is 29.0 Å². The second-order valence-electron chi connectivity index (χ2n) is 8.69. The quantitative estimate of drug-likeness (QED) is 0.447. The van der Waals surface area contributed by atoms with Gasteiger partial charge in [-0.1, -0.05) is 24.3 Å². The van der Waals surface area contributed by atoms with Crippen molar-refractivity contribution in [3.8, 4) is 11.5 Å². The van der Waals surface area contributed by atoms with Crippen LogP contribution in [0.5, 0.6) is 11.5 Å². The standard InChI is InChI=1S/C24H21N3O6/c28-21-18-19(22(29)26-21)24(23(30)31,10-13-11-25-15-4-2-1-3-14(13)15)27-20(18)12-5-6-16-17(9-12)33-8-7-32-16/h1-6,9,11,18-20,25,27H,7-8,10H2,(H,30,31)(H,26,28,29). The molecule has 0 bridgehead atoms. The third-order valence-electron chi connectivity index (χ3n) is 6.95. The highest BCUT2D eigenvalue weighted by molar-refractivity contribution is 6.09. The molecule has 6 rings (SSSR count). The molecule has 3 aromatic rings. The Hall–Kier alpha value is -3.85. The van der Waals surface area contributed by atoms with Crippen LogP contribution < -0.4 is 20.1 Å². The summed E-state index contributed by atoms with van der Waals surface area (Å²) in [5.74, 6) is -3.01. The first-order valence-corrected chi connectivity index (χ1v) is 10.8. The van der Waals surface area contributed by atoms with Gasteiger partial charge in [0, 0.05) is 29.6 Å². The zero-order valence-corrected chi connectivity index (χ0v) is 17.5. The van der Waals surface area contributed by atoms with Gasteiger partial charge in [0.1, 0.15) is 18.8 Å². The maximum atomic E-state index is 12.9. The molecule has 9 nitrogen and oxygen atoms in total. The number of amides is 2. The fourth-order valence-electron chi connectivity index (χ4n) is 5.48. The van der Waals surface area contributed by atoms with E-state index in [2.05, 4.69) is 15.6 Å². The number of nitrogens with one attached hydrogen (secondary N) is 3. The molecule has 1 aromatic heterocycles. The highest BCUT2D eigenvalue weighted by Crippen LogP contribution is 2.49. The summed E-state index contributed by atoms with van der Waals surface area (Å²) in [5.41, 5.74) is 0.636. The lowest BCUT2D eigenvalue weighted by Crippen LogP contribution is -2.57. The van der Waals surface area contributed by atoms with E-state index < -0.39 is 41.2 Å². The van der Waals surface area contributed by atoms with E-state index in [-0.39, 0.29) is 6.42 Å². The molecule has 9 heteroatoms. The van der Waals surface area contributed by atoms with Crippen molar-refractivity contribution in [2.75, 3.05) is 13.2 Å². The van der Waals surface area contributed by atoms with E-state index in [4.69, 9.17) is 9.47 Å². The normalized spacial score (nSPS) is 28.1. The molecule has 4 atom stereocenters. The molecule has 4 N–H and O–H groups in total. The molecule has 0 aliphatic carbocycles. The van der Waals surface area contributed by atoms with Crippen LogP contribution in [0, 0.1) is 11.8 Å². The molecule has 3 aliphatic rings. The SMILES string of the molecule is O=C1NC(=O)C2C1C(c1ccc3c(c1)OCCO3)NC2(Cc1c[nH]c2ccccc12)C(=O)O. The van der Waals surface area contributed by atoms with Crippen LogP contribution in [0.15, 0.2) is 48.7 Å². The molecule has 2 saturated heterocycles. The summed E-state index contributed by atoms with van der Waals surface area (Å²) < 4.78 is 11.3. The Kier molecular flexibility index (Phi) is 4.25. The Labute approximate surface area is 188 Å². The number of carbonyl (C=O) groups is 3. The number of para-hydroxylation sites is 1. The second-order valence-corrected chi connectivity index (χ2v) is 8.69. The minimum Gasteiger partial charge on any atom is -0.486 e. The Morgan fingerprint density at radius 1 is 1.06 bits per heavy atom. The van der Waals surface area contributed by atoms with Crippen molar-refractivity contribution >= 4 is 28.7 Å². The minimum absolute atomic E-state index is 0.0370. The number of fused-ring (bicyclic) bond motifs is 3. The number of imide groups is 1. The van der Waals surface area contributed by atoms with Crippen molar-refractivity contribution in [3.05, 3.63) is 59.8 Å². The topological polar surface area (TPSA) is 130 Å². The predicted molar refractivity (Wildman–Crippen MR) is 116 cm³/mol. The van der Waals surface area contributed by atoms with Gasteiger partial charge in [-0.25, -0.2) is 0 Å². The number of benzene rings is 2. The third-order valence-corrected chi connectivity index (χ3v) is 6.95. The molecule has 0 saturated carbocycles. The fourth-order valence-corrected chi connectivity index (χ4v) is 5.48. The number of hydrogen-bond acceptors (Lipinski definition) is 6. The molecule has 4 unspecified atom stereocenters. The van der Waals surface area contributed by atoms with Crippen LogP contribution in [0.1, 0.15) is 17.2 Å². The van der Waals surface area contributed by atoms with E-state index in [1.165, 1.54) is 0 Å². The highest BCUT2D eigenvalue weighted by atomic mass is 16.6. The lowest BCUT2D eigenvalue weighted by Gasteiger charge is -2.30. The molecule has 2 fully saturated rings. The van der Waals surface area contributed by atoms with Crippen LogP contribution >= 0.6 is 0 Å². The van der Waals surface area contributed by atoms with E-state index in [1.807, 2.05) is 24.3 Å². The zero-order chi connectivity index (χ0) is 22.7. The maximum absolute atomic E-state index is 12.9. The number of H-pyrrole nitrogens is 1. The number of aromatic amines is 1. The Morgan fingerprint density at radius 3 is 2.67 bits per heavy atom. The van der Waals surface area contributed by atoms with Gasteiger partial charge in [-0.3, -0.25) is 25.0 Å². The first-order chi connectivity index (χ1) is 16.0. The average molecular weight is 447 g/mol. The van der Waals surface area contributed by atoms with Gasteiger partial charge in [0.15, 0.2) is 11.5 Å². The molecule has 168 valence electrons. The van der Waals surface area contributed by atoms with Gasteiger partial charge in [0.2, 0.25) is 11.8 Å². The van der Waals surface area contributed by atoms with Crippen molar-refractivity contribution in [1.29, 1.82) is 0 Å². The number of aromatic nitrogens is 1. The third kappa shape index (κ3) is 2.85. The van der Waals surface area contributed by atoms with Crippen molar-refractivity contribution in [2.45, 2.75) is 18.0 Å². The van der Waals surface area contributed by atoms with Gasteiger partial charge in [-0.15, -0.1) is 0 Å². The number of aliphatic carboxylic acids is 1.